The Labute approximate surface area is 89.8 Å². The smallest absolute Gasteiger partial charge is 0.0100 e. The summed E-state index contributed by atoms with van der Waals surface area (Å²) in [5.74, 6) is 7.73. The highest BCUT2D eigenvalue weighted by molar-refractivity contribution is 5.64. The van der Waals surface area contributed by atoms with E-state index in [1.165, 1.54) is 35.5 Å². The monoisotopic (exact) mass is 196 g/mol. The lowest BCUT2D eigenvalue weighted by Gasteiger charge is -3.21. The normalized spacial score (nSPS) is 102. The van der Waals surface area contributed by atoms with Gasteiger partial charge in [-0.1, -0.05) is 0 Å². The van der Waals surface area contributed by atoms with Crippen LogP contribution in [0.2, 0.25) is 0 Å². The molecule has 0 heterocycles. The van der Waals surface area contributed by atoms with Crippen LogP contribution in [-0.4, -0.2) is 0 Å². The molecule has 0 N–H and O–H groups in total. The molecule has 4 spiro atoms. The number of rotatable bonds is 0. The van der Waals surface area contributed by atoms with Crippen LogP contribution in [0.4, 0.5) is 0 Å². The van der Waals surface area contributed by atoms with Crippen LogP contribution in [-0.2, 0) is 0 Å². The molecule has 0 bridgehead atoms. The third-order valence-corrected chi connectivity index (χ3v) is 10.3. The Balaban J connectivity index is 1.57. The van der Waals surface area contributed by atoms with Crippen LogP contribution in [0, 0.1) is 57.2 Å². The van der Waals surface area contributed by atoms with Crippen molar-refractivity contribution in [3.8, 4) is 0 Å². The van der Waals surface area contributed by atoms with Crippen LogP contribution in [0.5, 0.6) is 0 Å². The molecule has 0 nitrogen and oxygen atoms in total. The van der Waals surface area contributed by atoms with Gasteiger partial charge in [0.1, 0.15) is 0 Å². The zero-order valence-electron chi connectivity index (χ0n) is 9.00. The van der Waals surface area contributed by atoms with E-state index >= 15 is 0 Å². The summed E-state index contributed by atoms with van der Waals surface area (Å²) >= 11 is 0. The minimum Gasteiger partial charge on any atom is -0.0461 e. The Bertz CT molecular complexity index is 472. The first-order chi connectivity index (χ1) is 7.37. The molecule has 8 saturated carbocycles. The van der Waals surface area contributed by atoms with Crippen molar-refractivity contribution in [2.45, 2.75) is 32.1 Å². The average molecular weight is 196 g/mol. The van der Waals surface area contributed by atoms with Crippen LogP contribution in [0.3, 0.4) is 0 Å². The molecule has 0 aromatic carbocycles. The number of hydrogen-bond acceptors (Lipinski definition) is 0. The highest BCUT2D eigenvalue weighted by atomic mass is 15.2. The fourth-order valence-corrected chi connectivity index (χ4v) is 11.4. The van der Waals surface area contributed by atoms with E-state index in [9.17, 15) is 0 Å². The van der Waals surface area contributed by atoms with Crippen molar-refractivity contribution < 1.29 is 0 Å². The molecule has 0 aromatic heterocycles. The number of fused-ring (bicyclic) bond motifs is 2. The van der Waals surface area contributed by atoms with E-state index in [0.717, 1.165) is 21.7 Å². The van der Waals surface area contributed by atoms with Crippen molar-refractivity contribution in [1.82, 2.24) is 0 Å². The van der Waals surface area contributed by atoms with Gasteiger partial charge in [0.05, 0.1) is 0 Å². The van der Waals surface area contributed by atoms with Crippen molar-refractivity contribution in [3.63, 3.8) is 0 Å². The Morgan fingerprint density at radius 3 is 1.67 bits per heavy atom. The Morgan fingerprint density at radius 2 is 1.13 bits per heavy atom. The fraction of sp³-hybridized carbons (Fsp3) is 1.00. The number of hydrogen-bond donors (Lipinski definition) is 0. The van der Waals surface area contributed by atoms with Gasteiger partial charge < -0.3 is 0 Å². The minimum atomic E-state index is 1.04. The molecule has 8 rings (SSSR count). The van der Waals surface area contributed by atoms with Gasteiger partial charge in [0.25, 0.3) is 0 Å². The third kappa shape index (κ3) is 0.194. The summed E-state index contributed by atoms with van der Waals surface area (Å²) in [6, 6.07) is 0. The van der Waals surface area contributed by atoms with Crippen molar-refractivity contribution in [3.05, 3.63) is 0 Å². The first-order valence-corrected chi connectivity index (χ1v) is 7.37. The summed E-state index contributed by atoms with van der Waals surface area (Å²) < 4.78 is 0. The SMILES string of the molecule is C1C2CC34CC5CC6C7CC8C1C23C87C564. The van der Waals surface area contributed by atoms with Gasteiger partial charge >= 0.3 is 0 Å². The molecule has 0 aliphatic heterocycles. The highest BCUT2D eigenvalue weighted by Gasteiger charge is 3.17. The predicted molar refractivity (Wildman–Crippen MR) is 53.8 cm³/mol. The summed E-state index contributed by atoms with van der Waals surface area (Å²) in [7, 11) is 0. The predicted octanol–water partition coefficient (Wildman–Crippen LogP) is 2.69. The van der Waals surface area contributed by atoms with Crippen LogP contribution < -0.4 is 0 Å². The van der Waals surface area contributed by atoms with Crippen LogP contribution in [0.1, 0.15) is 32.1 Å². The van der Waals surface area contributed by atoms with Gasteiger partial charge in [-0.05, 0) is 89.3 Å². The van der Waals surface area contributed by atoms with Gasteiger partial charge in [-0.25, -0.2) is 0 Å². The van der Waals surface area contributed by atoms with E-state index in [1.807, 2.05) is 0 Å². The second kappa shape index (κ2) is 1.07. The maximum atomic E-state index is 1.72. The lowest BCUT2D eigenvalue weighted by atomic mass is 8.83. The molecule has 0 heteroatoms. The van der Waals surface area contributed by atoms with Crippen molar-refractivity contribution >= 4 is 0 Å². The molecular formula is C15H16. The molecule has 0 amide bonds. The minimum absolute atomic E-state index is 1.04. The van der Waals surface area contributed by atoms with Gasteiger partial charge in [-0.3, -0.25) is 0 Å². The highest BCUT2D eigenvalue weighted by Crippen LogP contribution is 3.22. The van der Waals surface area contributed by atoms with Gasteiger partial charge in [0, 0.05) is 0 Å². The van der Waals surface area contributed by atoms with E-state index in [0.29, 0.717) is 0 Å². The van der Waals surface area contributed by atoms with E-state index in [1.54, 1.807) is 32.1 Å². The molecule has 8 aliphatic carbocycles. The average Bonchev–Trinajstić information content (AvgIpc) is 2.10. The van der Waals surface area contributed by atoms with Gasteiger partial charge in [0.15, 0.2) is 0 Å². The van der Waals surface area contributed by atoms with E-state index in [4.69, 9.17) is 0 Å². The van der Waals surface area contributed by atoms with Gasteiger partial charge in [-0.15, -0.1) is 0 Å². The van der Waals surface area contributed by atoms with E-state index in [-0.39, 0.29) is 0 Å². The van der Waals surface area contributed by atoms with Crippen LogP contribution >= 0.6 is 0 Å². The molecule has 8 fully saturated rings. The molecular weight excluding hydrogens is 180 g/mol. The summed E-state index contributed by atoms with van der Waals surface area (Å²) in [6.07, 6.45) is 8.52. The molecule has 0 radical (unpaired) electrons. The Hall–Kier alpha value is 0. The Kier molecular flexibility index (Phi) is 0.434. The van der Waals surface area contributed by atoms with E-state index < -0.39 is 0 Å². The fourth-order valence-electron chi connectivity index (χ4n) is 11.4. The molecule has 0 aromatic rings. The molecule has 0 saturated heterocycles. The zero-order valence-corrected chi connectivity index (χ0v) is 9.00. The quantitative estimate of drug-likeness (QED) is 0.559. The molecule has 8 unspecified atom stereocenters. The molecule has 15 heavy (non-hydrogen) atoms. The van der Waals surface area contributed by atoms with Crippen molar-refractivity contribution in [1.29, 1.82) is 0 Å². The first kappa shape index (κ1) is 6.07. The summed E-state index contributed by atoms with van der Waals surface area (Å²) in [6.45, 7) is 0. The second-order valence-electron chi connectivity index (χ2n) is 8.62. The Morgan fingerprint density at radius 1 is 0.600 bits per heavy atom. The lowest BCUT2D eigenvalue weighted by molar-refractivity contribution is -0.743. The standard InChI is InChI=1S/C15H16/c1-6-4-12-5-7-2-9-11-3-10-8(1)13(6,12)15(10,11)14(7,9)12/h6-11H,1-5H2. The lowest BCUT2D eigenvalue weighted by Crippen LogP contribution is -3.17. The second-order valence-corrected chi connectivity index (χ2v) is 8.62. The molecule has 8 atom stereocenters. The first-order valence-electron chi connectivity index (χ1n) is 7.37. The van der Waals surface area contributed by atoms with E-state index in [2.05, 4.69) is 0 Å². The van der Waals surface area contributed by atoms with Gasteiger partial charge in [0.2, 0.25) is 0 Å². The van der Waals surface area contributed by atoms with Crippen molar-refractivity contribution in [2.75, 3.05) is 0 Å². The van der Waals surface area contributed by atoms with Crippen LogP contribution in [0.15, 0.2) is 0 Å². The zero-order chi connectivity index (χ0) is 9.00. The largest absolute Gasteiger partial charge is 0.0461 e. The molecule has 76 valence electrons. The maximum absolute atomic E-state index is 1.72. The summed E-state index contributed by atoms with van der Waals surface area (Å²) in [4.78, 5) is 0. The van der Waals surface area contributed by atoms with Crippen LogP contribution in [0.25, 0.3) is 0 Å². The molecule has 8 aliphatic rings. The van der Waals surface area contributed by atoms with Gasteiger partial charge in [-0.2, -0.15) is 0 Å². The maximum Gasteiger partial charge on any atom is -0.0100 e. The topological polar surface area (TPSA) is 0 Å². The summed E-state index contributed by atoms with van der Waals surface area (Å²) in [5, 5.41) is 0. The summed E-state index contributed by atoms with van der Waals surface area (Å²) in [5.41, 5.74) is 4.26. The van der Waals surface area contributed by atoms with Crippen molar-refractivity contribution in [2.24, 2.45) is 57.2 Å². The third-order valence-electron chi connectivity index (χ3n) is 10.3.